The molecule has 1 rings (SSSR count). The van der Waals surface area contributed by atoms with E-state index < -0.39 is 8.07 Å². The molecule has 1 aliphatic rings. The Balaban J connectivity index is 2.50. The maximum Gasteiger partial charge on any atom is 0.0711 e. The maximum absolute atomic E-state index is 6.28. The van der Waals surface area contributed by atoms with Crippen molar-refractivity contribution >= 4 is 24.0 Å². The highest BCUT2D eigenvalue weighted by Gasteiger charge is 2.49. The summed E-state index contributed by atoms with van der Waals surface area (Å²) < 4.78 is 6.90. The molecule has 96 valence electrons. The summed E-state index contributed by atoms with van der Waals surface area (Å²) in [4.78, 5) is 0. The zero-order chi connectivity index (χ0) is 12.4. The fraction of sp³-hybridized carbons (Fsp3) is 1.00. The summed E-state index contributed by atoms with van der Waals surface area (Å²) in [5.74, 6) is 0. The number of hydrogen-bond acceptors (Lipinski definition) is 1. The minimum atomic E-state index is -1.11. The standard InChI is InChI=1S/C13H27BrOSi/c1-6-8-13(9-7-2)10-11(15-13)12(14)16(3,4)5/h11-12H,6-10H2,1-5H3. The van der Waals surface area contributed by atoms with E-state index in [1.807, 2.05) is 0 Å². The van der Waals surface area contributed by atoms with Crippen LogP contribution in [0.5, 0.6) is 0 Å². The molecule has 0 aromatic heterocycles. The molecule has 0 bridgehead atoms. The van der Waals surface area contributed by atoms with Crippen LogP contribution in [0.4, 0.5) is 0 Å². The lowest BCUT2D eigenvalue weighted by Crippen LogP contribution is -2.58. The summed E-state index contributed by atoms with van der Waals surface area (Å²) in [7, 11) is -1.11. The molecule has 0 aromatic rings. The quantitative estimate of drug-likeness (QED) is 0.508. The van der Waals surface area contributed by atoms with Crippen molar-refractivity contribution in [1.29, 1.82) is 0 Å². The van der Waals surface area contributed by atoms with Gasteiger partial charge in [0.15, 0.2) is 0 Å². The normalized spacial score (nSPS) is 26.2. The van der Waals surface area contributed by atoms with E-state index in [1.165, 1.54) is 32.1 Å². The van der Waals surface area contributed by atoms with Crippen LogP contribution >= 0.6 is 15.9 Å². The molecule has 0 aliphatic carbocycles. The van der Waals surface area contributed by atoms with Gasteiger partial charge in [0.2, 0.25) is 0 Å². The van der Waals surface area contributed by atoms with E-state index in [0.717, 1.165) is 0 Å². The van der Waals surface area contributed by atoms with Crippen LogP contribution < -0.4 is 0 Å². The average molecular weight is 307 g/mol. The largest absolute Gasteiger partial charge is 0.371 e. The van der Waals surface area contributed by atoms with Gasteiger partial charge in [-0.05, 0) is 12.8 Å². The molecule has 0 spiro atoms. The van der Waals surface area contributed by atoms with E-state index in [4.69, 9.17) is 4.74 Å². The van der Waals surface area contributed by atoms with Crippen LogP contribution in [-0.4, -0.2) is 24.2 Å². The lowest BCUT2D eigenvalue weighted by molar-refractivity contribution is -0.207. The Hall–Kier alpha value is 0.657. The zero-order valence-electron chi connectivity index (χ0n) is 11.5. The van der Waals surface area contributed by atoms with Gasteiger partial charge < -0.3 is 4.74 Å². The Labute approximate surface area is 110 Å². The highest BCUT2D eigenvalue weighted by Crippen LogP contribution is 2.44. The third kappa shape index (κ3) is 3.33. The van der Waals surface area contributed by atoms with E-state index in [0.29, 0.717) is 10.6 Å². The minimum Gasteiger partial charge on any atom is -0.371 e. The molecule has 0 saturated carbocycles. The minimum absolute atomic E-state index is 0.236. The number of ether oxygens (including phenoxy) is 1. The monoisotopic (exact) mass is 306 g/mol. The first kappa shape index (κ1) is 14.7. The average Bonchev–Trinajstić information content (AvgIpc) is 2.11. The molecule has 2 atom stereocenters. The molecule has 16 heavy (non-hydrogen) atoms. The lowest BCUT2D eigenvalue weighted by atomic mass is 9.82. The van der Waals surface area contributed by atoms with E-state index >= 15 is 0 Å². The Morgan fingerprint density at radius 3 is 2.00 bits per heavy atom. The third-order valence-corrected chi connectivity index (χ3v) is 10.3. The summed E-state index contributed by atoms with van der Waals surface area (Å²) in [6.07, 6.45) is 6.71. The van der Waals surface area contributed by atoms with Gasteiger partial charge in [-0.3, -0.25) is 0 Å². The van der Waals surface area contributed by atoms with Crippen molar-refractivity contribution in [2.24, 2.45) is 0 Å². The van der Waals surface area contributed by atoms with Gasteiger partial charge in [0.1, 0.15) is 0 Å². The van der Waals surface area contributed by atoms with Crippen LogP contribution in [0.1, 0.15) is 46.0 Å². The fourth-order valence-corrected chi connectivity index (χ4v) is 4.35. The van der Waals surface area contributed by atoms with Gasteiger partial charge in [0, 0.05) is 10.9 Å². The van der Waals surface area contributed by atoms with Crippen molar-refractivity contribution < 1.29 is 4.74 Å². The summed E-state index contributed by atoms with van der Waals surface area (Å²) in [6.45, 7) is 11.8. The van der Waals surface area contributed by atoms with Crippen LogP contribution in [0.15, 0.2) is 0 Å². The molecule has 1 nitrogen and oxygen atoms in total. The zero-order valence-corrected chi connectivity index (χ0v) is 14.1. The summed E-state index contributed by atoms with van der Waals surface area (Å²) >= 11 is 3.87. The van der Waals surface area contributed by atoms with Gasteiger partial charge in [0.25, 0.3) is 0 Å². The van der Waals surface area contributed by atoms with E-state index in [1.54, 1.807) is 0 Å². The van der Waals surface area contributed by atoms with E-state index in [2.05, 4.69) is 49.4 Å². The van der Waals surface area contributed by atoms with Gasteiger partial charge in [-0.25, -0.2) is 0 Å². The second-order valence-corrected chi connectivity index (χ2v) is 13.5. The van der Waals surface area contributed by atoms with Gasteiger partial charge in [-0.15, -0.1) is 0 Å². The summed E-state index contributed by atoms with van der Waals surface area (Å²) in [5.41, 5.74) is 0.236. The topological polar surface area (TPSA) is 9.23 Å². The number of hydrogen-bond donors (Lipinski definition) is 0. The van der Waals surface area contributed by atoms with Crippen LogP contribution in [0.3, 0.4) is 0 Å². The van der Waals surface area contributed by atoms with Crippen LogP contribution in [0.25, 0.3) is 0 Å². The Bertz CT molecular complexity index is 210. The molecule has 0 amide bonds. The number of alkyl halides is 1. The van der Waals surface area contributed by atoms with Crippen molar-refractivity contribution in [2.45, 2.75) is 81.7 Å². The molecule has 1 fully saturated rings. The van der Waals surface area contributed by atoms with Crippen molar-refractivity contribution in [3.05, 3.63) is 0 Å². The van der Waals surface area contributed by atoms with Crippen molar-refractivity contribution in [1.82, 2.24) is 0 Å². The highest BCUT2D eigenvalue weighted by molar-refractivity contribution is 9.10. The molecule has 1 aliphatic heterocycles. The second-order valence-electron chi connectivity index (χ2n) is 6.31. The van der Waals surface area contributed by atoms with Gasteiger partial charge >= 0.3 is 0 Å². The molecule has 3 heteroatoms. The van der Waals surface area contributed by atoms with Gasteiger partial charge in [-0.2, -0.15) is 0 Å². The third-order valence-electron chi connectivity index (χ3n) is 3.54. The fourth-order valence-electron chi connectivity index (χ4n) is 2.76. The Morgan fingerprint density at radius 1 is 1.25 bits per heavy atom. The molecular formula is C13H27BrOSi. The Kier molecular flexibility index (Phi) is 5.09. The van der Waals surface area contributed by atoms with Crippen molar-refractivity contribution in [2.75, 3.05) is 0 Å². The first-order chi connectivity index (χ1) is 7.34. The van der Waals surface area contributed by atoms with Crippen molar-refractivity contribution in [3.63, 3.8) is 0 Å². The first-order valence-corrected chi connectivity index (χ1v) is 11.2. The molecular weight excluding hydrogens is 280 g/mol. The number of halogens is 1. The van der Waals surface area contributed by atoms with E-state index in [-0.39, 0.29) is 5.60 Å². The van der Waals surface area contributed by atoms with E-state index in [9.17, 15) is 0 Å². The van der Waals surface area contributed by atoms with Gasteiger partial charge in [-0.1, -0.05) is 62.3 Å². The second kappa shape index (κ2) is 5.53. The predicted molar refractivity (Wildman–Crippen MR) is 78.1 cm³/mol. The molecule has 1 saturated heterocycles. The SMILES string of the molecule is CCCC1(CCC)CC(C(Br)[Si](C)(C)C)O1. The highest BCUT2D eigenvalue weighted by atomic mass is 79.9. The first-order valence-electron chi connectivity index (χ1n) is 6.66. The summed E-state index contributed by atoms with van der Waals surface area (Å²) in [5, 5.41) is 0. The van der Waals surface area contributed by atoms with Crippen LogP contribution in [-0.2, 0) is 4.74 Å². The Morgan fingerprint density at radius 2 is 1.69 bits per heavy atom. The van der Waals surface area contributed by atoms with Gasteiger partial charge in [0.05, 0.1) is 19.8 Å². The molecule has 2 unspecified atom stereocenters. The smallest absolute Gasteiger partial charge is 0.0711 e. The molecule has 1 heterocycles. The molecule has 0 aromatic carbocycles. The maximum atomic E-state index is 6.28. The summed E-state index contributed by atoms with van der Waals surface area (Å²) in [6, 6.07) is 0. The van der Waals surface area contributed by atoms with Crippen LogP contribution in [0.2, 0.25) is 19.6 Å². The molecule has 0 N–H and O–H groups in total. The van der Waals surface area contributed by atoms with Crippen LogP contribution in [0, 0.1) is 0 Å². The number of rotatable bonds is 6. The predicted octanol–water partition coefficient (Wildman–Crippen LogP) is 4.76. The lowest BCUT2D eigenvalue weighted by Gasteiger charge is -2.52. The van der Waals surface area contributed by atoms with Crippen molar-refractivity contribution in [3.8, 4) is 0 Å². The molecule has 0 radical (unpaired) electrons.